The van der Waals surface area contributed by atoms with Crippen molar-refractivity contribution in [3.8, 4) is 0 Å². The molecule has 2 atom stereocenters. The van der Waals surface area contributed by atoms with Crippen LogP contribution in [-0.4, -0.2) is 68.3 Å². The van der Waals surface area contributed by atoms with Crippen LogP contribution in [0.25, 0.3) is 11.0 Å². The fourth-order valence-electron chi connectivity index (χ4n) is 6.42. The van der Waals surface area contributed by atoms with Gasteiger partial charge in [0.15, 0.2) is 0 Å². The predicted molar refractivity (Wildman–Crippen MR) is 142 cm³/mol. The van der Waals surface area contributed by atoms with Crippen LogP contribution in [0, 0.1) is 11.8 Å². The monoisotopic (exact) mass is 501 g/mol. The number of aromatic nitrogens is 4. The van der Waals surface area contributed by atoms with Crippen molar-refractivity contribution in [3.63, 3.8) is 0 Å². The van der Waals surface area contributed by atoms with Gasteiger partial charge in [-0.15, -0.1) is 0 Å². The molecule has 0 unspecified atom stereocenters. The second-order valence-electron chi connectivity index (χ2n) is 11.2. The lowest BCUT2D eigenvalue weighted by molar-refractivity contribution is 0.0732. The lowest BCUT2D eigenvalue weighted by atomic mass is 10.0. The molecule has 2 amide bonds. The van der Waals surface area contributed by atoms with Gasteiger partial charge in [-0.2, -0.15) is 4.98 Å². The first-order valence-corrected chi connectivity index (χ1v) is 13.6. The first-order valence-electron chi connectivity index (χ1n) is 13.6. The Kier molecular flexibility index (Phi) is 6.30. The number of hydrogen-bond donors (Lipinski definition) is 1. The minimum atomic E-state index is -0.0291. The van der Waals surface area contributed by atoms with Gasteiger partial charge in [0.05, 0.1) is 5.56 Å². The minimum Gasteiger partial charge on any atom is -0.343 e. The van der Waals surface area contributed by atoms with Crippen molar-refractivity contribution in [3.05, 3.63) is 41.9 Å². The highest BCUT2D eigenvalue weighted by Crippen LogP contribution is 2.37. The number of anilines is 2. The first kappa shape index (κ1) is 23.9. The molecule has 3 fully saturated rings. The summed E-state index contributed by atoms with van der Waals surface area (Å²) in [6.07, 6.45) is 12.7. The third kappa shape index (κ3) is 4.67. The molecule has 2 bridgehead atoms. The zero-order chi connectivity index (χ0) is 25.5. The van der Waals surface area contributed by atoms with E-state index in [4.69, 9.17) is 4.98 Å². The highest BCUT2D eigenvalue weighted by Gasteiger charge is 2.32. The van der Waals surface area contributed by atoms with Crippen LogP contribution in [0.3, 0.4) is 0 Å². The molecule has 0 aromatic carbocycles. The molecule has 1 N–H and O–H groups in total. The van der Waals surface area contributed by atoms with E-state index in [9.17, 15) is 9.59 Å². The Bertz CT molecular complexity index is 1310. The Hall–Kier alpha value is -3.49. The molecule has 0 spiro atoms. The van der Waals surface area contributed by atoms with E-state index in [1.807, 2.05) is 23.1 Å². The summed E-state index contributed by atoms with van der Waals surface area (Å²) in [4.78, 5) is 43.4. The number of pyridine rings is 1. The summed E-state index contributed by atoms with van der Waals surface area (Å²) in [6.45, 7) is 1.70. The van der Waals surface area contributed by atoms with Crippen LogP contribution in [0.5, 0.6) is 0 Å². The van der Waals surface area contributed by atoms with E-state index < -0.39 is 0 Å². The predicted octanol–water partition coefficient (Wildman–Crippen LogP) is 4.65. The lowest BCUT2D eigenvalue weighted by Crippen LogP contribution is -2.35. The maximum Gasteiger partial charge on any atom is 0.270 e. The van der Waals surface area contributed by atoms with Gasteiger partial charge < -0.3 is 19.7 Å². The molecule has 3 aliphatic rings. The van der Waals surface area contributed by atoms with Crippen LogP contribution in [0.15, 0.2) is 30.6 Å². The molecule has 9 nitrogen and oxygen atoms in total. The SMILES string of the molecule is CN(C)C(=O)c1cc2cnc(Nc3ccc(C(=O)N4CC[C@H]5CC[C@H](C5)C4)cn3)nc2n1C1CCCC1. The third-order valence-corrected chi connectivity index (χ3v) is 8.36. The van der Waals surface area contributed by atoms with Crippen molar-refractivity contribution in [2.45, 2.75) is 57.4 Å². The van der Waals surface area contributed by atoms with Crippen LogP contribution >= 0.6 is 0 Å². The molecule has 2 aliphatic carbocycles. The summed E-state index contributed by atoms with van der Waals surface area (Å²) < 4.78 is 2.10. The molecule has 9 heteroatoms. The van der Waals surface area contributed by atoms with Crippen LogP contribution in [0.4, 0.5) is 11.8 Å². The number of likely N-dealkylation sites (tertiary alicyclic amines) is 1. The third-order valence-electron chi connectivity index (χ3n) is 8.36. The minimum absolute atomic E-state index is 0.0291. The summed E-state index contributed by atoms with van der Waals surface area (Å²) in [5, 5.41) is 4.04. The van der Waals surface area contributed by atoms with E-state index in [2.05, 4.69) is 19.9 Å². The number of carbonyl (C=O) groups excluding carboxylic acids is 2. The van der Waals surface area contributed by atoms with Crippen LogP contribution in [0.1, 0.15) is 78.3 Å². The number of fused-ring (bicyclic) bond motifs is 3. The number of hydrogen-bond acceptors (Lipinski definition) is 6. The van der Waals surface area contributed by atoms with Gasteiger partial charge in [0, 0.05) is 51.0 Å². The van der Waals surface area contributed by atoms with Gasteiger partial charge in [0.2, 0.25) is 5.95 Å². The normalized spacial score (nSPS) is 21.8. The number of amides is 2. The van der Waals surface area contributed by atoms with E-state index in [-0.39, 0.29) is 17.9 Å². The molecule has 3 aromatic heterocycles. The molecule has 37 heavy (non-hydrogen) atoms. The fourth-order valence-corrected chi connectivity index (χ4v) is 6.42. The lowest BCUT2D eigenvalue weighted by Gasteiger charge is -2.25. The smallest absolute Gasteiger partial charge is 0.270 e. The van der Waals surface area contributed by atoms with Crippen molar-refractivity contribution >= 4 is 34.6 Å². The van der Waals surface area contributed by atoms with Crippen molar-refractivity contribution < 1.29 is 9.59 Å². The van der Waals surface area contributed by atoms with Gasteiger partial charge in [0.1, 0.15) is 17.2 Å². The molecule has 4 heterocycles. The quantitative estimate of drug-likeness (QED) is 0.547. The molecule has 194 valence electrons. The van der Waals surface area contributed by atoms with Crippen molar-refractivity contribution in [1.82, 2.24) is 29.3 Å². The number of rotatable bonds is 5. The summed E-state index contributed by atoms with van der Waals surface area (Å²) in [6, 6.07) is 5.79. The summed E-state index contributed by atoms with van der Waals surface area (Å²) in [5.41, 5.74) is 2.03. The second-order valence-corrected chi connectivity index (χ2v) is 11.2. The Balaban J connectivity index is 1.22. The molecule has 0 radical (unpaired) electrons. The molecule has 1 saturated heterocycles. The number of nitrogens with zero attached hydrogens (tertiary/aromatic N) is 6. The van der Waals surface area contributed by atoms with Crippen LogP contribution in [-0.2, 0) is 0 Å². The molecule has 2 saturated carbocycles. The van der Waals surface area contributed by atoms with Crippen LogP contribution < -0.4 is 5.32 Å². The van der Waals surface area contributed by atoms with Crippen molar-refractivity contribution in [2.24, 2.45) is 11.8 Å². The van der Waals surface area contributed by atoms with Gasteiger partial charge >= 0.3 is 0 Å². The van der Waals surface area contributed by atoms with E-state index in [0.717, 1.165) is 62.1 Å². The summed E-state index contributed by atoms with van der Waals surface area (Å²) >= 11 is 0. The second kappa shape index (κ2) is 9.76. The zero-order valence-corrected chi connectivity index (χ0v) is 21.7. The largest absolute Gasteiger partial charge is 0.343 e. The standard InChI is InChI=1S/C28H35N7O2/c1-33(2)27(37)23-14-21-16-30-28(32-25(21)35(23)22-5-3-4-6-22)31-24-10-9-20(15-29-24)26(36)34-12-11-18-7-8-19(13-18)17-34/h9-10,14-16,18-19,22H,3-8,11-13,17H2,1-2H3,(H,29,30,31,32)/t18-,19-/m1/s1. The maximum absolute atomic E-state index is 13.1. The van der Waals surface area contributed by atoms with Crippen molar-refractivity contribution in [1.29, 1.82) is 0 Å². The Labute approximate surface area is 217 Å². The Morgan fingerprint density at radius 1 is 1.00 bits per heavy atom. The molecule has 1 aliphatic heterocycles. The van der Waals surface area contributed by atoms with Gasteiger partial charge in [-0.1, -0.05) is 19.3 Å². The van der Waals surface area contributed by atoms with Gasteiger partial charge in [0.25, 0.3) is 11.8 Å². The number of carbonyl (C=O) groups is 2. The summed E-state index contributed by atoms with van der Waals surface area (Å²) in [5.74, 6) is 2.47. The molecular formula is C28H35N7O2. The first-order chi connectivity index (χ1) is 18.0. The average molecular weight is 502 g/mol. The van der Waals surface area contributed by atoms with Crippen molar-refractivity contribution in [2.75, 3.05) is 32.5 Å². The van der Waals surface area contributed by atoms with Crippen LogP contribution in [0.2, 0.25) is 0 Å². The van der Waals surface area contributed by atoms with E-state index in [1.165, 1.54) is 19.3 Å². The maximum atomic E-state index is 13.1. The molecule has 6 rings (SSSR count). The number of nitrogens with one attached hydrogen (secondary N) is 1. The Morgan fingerprint density at radius 2 is 1.81 bits per heavy atom. The van der Waals surface area contributed by atoms with E-state index >= 15 is 0 Å². The van der Waals surface area contributed by atoms with Gasteiger partial charge in [-0.3, -0.25) is 9.59 Å². The highest BCUT2D eigenvalue weighted by atomic mass is 16.2. The zero-order valence-electron chi connectivity index (χ0n) is 21.7. The molecular weight excluding hydrogens is 466 g/mol. The van der Waals surface area contributed by atoms with E-state index in [0.29, 0.717) is 28.9 Å². The highest BCUT2D eigenvalue weighted by molar-refractivity contribution is 5.98. The average Bonchev–Trinajstić information content (AvgIpc) is 3.62. The topological polar surface area (TPSA) is 96.2 Å². The molecule has 3 aromatic rings. The summed E-state index contributed by atoms with van der Waals surface area (Å²) in [7, 11) is 3.54. The fraction of sp³-hybridized carbons (Fsp3) is 0.536. The van der Waals surface area contributed by atoms with Gasteiger partial charge in [-0.05, 0) is 62.1 Å². The van der Waals surface area contributed by atoms with Gasteiger partial charge in [-0.25, -0.2) is 9.97 Å². The Morgan fingerprint density at radius 3 is 2.57 bits per heavy atom. The van der Waals surface area contributed by atoms with E-state index in [1.54, 1.807) is 31.4 Å².